The molecule has 19 heavy (non-hydrogen) atoms. The Morgan fingerprint density at radius 1 is 1.37 bits per heavy atom. The Hall–Kier alpha value is -1.75. The van der Waals surface area contributed by atoms with Crippen LogP contribution < -0.4 is 20.1 Å². The summed E-state index contributed by atoms with van der Waals surface area (Å²) in [5.74, 6) is 1.29. The van der Waals surface area contributed by atoms with Gasteiger partial charge in [-0.25, -0.2) is 0 Å². The van der Waals surface area contributed by atoms with Gasteiger partial charge in [0.1, 0.15) is 0 Å². The molecule has 1 aromatic carbocycles. The van der Waals surface area contributed by atoms with Crippen LogP contribution >= 0.6 is 0 Å². The molecule has 102 valence electrons. The molecule has 0 aliphatic carbocycles. The van der Waals surface area contributed by atoms with E-state index in [-0.39, 0.29) is 12.7 Å². The average molecular weight is 262 g/mol. The fourth-order valence-corrected chi connectivity index (χ4v) is 2.50. The van der Waals surface area contributed by atoms with Gasteiger partial charge in [-0.15, -0.1) is 0 Å². The van der Waals surface area contributed by atoms with Crippen molar-refractivity contribution in [3.63, 3.8) is 0 Å². The lowest BCUT2D eigenvalue weighted by Crippen LogP contribution is -2.30. The van der Waals surface area contributed by atoms with Gasteiger partial charge < -0.3 is 20.1 Å². The topological polar surface area (TPSA) is 59.6 Å². The maximum atomic E-state index is 12.0. The molecule has 1 saturated heterocycles. The van der Waals surface area contributed by atoms with Gasteiger partial charge in [0.2, 0.25) is 6.79 Å². The number of fused-ring (bicyclic) bond motifs is 1. The van der Waals surface area contributed by atoms with E-state index in [1.165, 1.54) is 12.8 Å². The van der Waals surface area contributed by atoms with Crippen LogP contribution in [0.15, 0.2) is 18.2 Å². The molecule has 0 saturated carbocycles. The van der Waals surface area contributed by atoms with E-state index in [1.54, 1.807) is 18.2 Å². The molecule has 0 spiro atoms. The van der Waals surface area contributed by atoms with E-state index in [2.05, 4.69) is 10.6 Å². The van der Waals surface area contributed by atoms with Crippen LogP contribution in [0.4, 0.5) is 0 Å². The molecule has 2 heterocycles. The number of hydrogen-bond acceptors (Lipinski definition) is 4. The number of amides is 1. The number of nitrogens with one attached hydrogen (secondary N) is 2. The Morgan fingerprint density at radius 3 is 3.11 bits per heavy atom. The maximum absolute atomic E-state index is 12.0. The van der Waals surface area contributed by atoms with E-state index >= 15 is 0 Å². The molecule has 5 heteroatoms. The van der Waals surface area contributed by atoms with Crippen molar-refractivity contribution in [2.24, 2.45) is 0 Å². The van der Waals surface area contributed by atoms with Crippen molar-refractivity contribution in [3.8, 4) is 11.5 Å². The second kappa shape index (κ2) is 5.48. The van der Waals surface area contributed by atoms with Gasteiger partial charge in [-0.05, 0) is 44.0 Å². The Labute approximate surface area is 112 Å². The smallest absolute Gasteiger partial charge is 0.251 e. The number of rotatable bonds is 4. The van der Waals surface area contributed by atoms with Crippen LogP contribution in [-0.2, 0) is 0 Å². The first-order valence-electron chi connectivity index (χ1n) is 6.74. The summed E-state index contributed by atoms with van der Waals surface area (Å²) in [5.41, 5.74) is 0.614. The molecule has 0 aromatic heterocycles. The van der Waals surface area contributed by atoms with Gasteiger partial charge in [0.05, 0.1) is 0 Å². The van der Waals surface area contributed by atoms with Gasteiger partial charge in [0, 0.05) is 18.2 Å². The first-order chi connectivity index (χ1) is 9.33. The van der Waals surface area contributed by atoms with E-state index in [9.17, 15) is 4.79 Å². The van der Waals surface area contributed by atoms with Crippen LogP contribution in [0.5, 0.6) is 11.5 Å². The summed E-state index contributed by atoms with van der Waals surface area (Å²) in [7, 11) is 0. The zero-order valence-electron chi connectivity index (χ0n) is 10.8. The van der Waals surface area contributed by atoms with Gasteiger partial charge in [-0.2, -0.15) is 0 Å². The predicted molar refractivity (Wildman–Crippen MR) is 70.5 cm³/mol. The minimum absolute atomic E-state index is 0.0590. The van der Waals surface area contributed by atoms with E-state index < -0.39 is 0 Å². The molecular weight excluding hydrogens is 244 g/mol. The molecule has 3 rings (SSSR count). The van der Waals surface area contributed by atoms with Crippen molar-refractivity contribution in [3.05, 3.63) is 23.8 Å². The normalized spacial score (nSPS) is 20.5. The Bertz CT molecular complexity index is 470. The third kappa shape index (κ3) is 2.81. The minimum Gasteiger partial charge on any atom is -0.454 e. The molecule has 2 aliphatic rings. The molecular formula is C14H18N2O3. The average Bonchev–Trinajstić information content (AvgIpc) is 3.08. The highest BCUT2D eigenvalue weighted by atomic mass is 16.7. The van der Waals surface area contributed by atoms with Crippen molar-refractivity contribution in [1.29, 1.82) is 0 Å². The summed E-state index contributed by atoms with van der Waals surface area (Å²) >= 11 is 0. The first kappa shape index (κ1) is 12.3. The molecule has 0 radical (unpaired) electrons. The van der Waals surface area contributed by atoms with Crippen LogP contribution in [0.25, 0.3) is 0 Å². The summed E-state index contributed by atoms with van der Waals surface area (Å²) in [6.07, 6.45) is 3.43. The first-order valence-corrected chi connectivity index (χ1v) is 6.74. The lowest BCUT2D eigenvalue weighted by atomic mass is 10.1. The van der Waals surface area contributed by atoms with Crippen LogP contribution in [0.1, 0.15) is 29.6 Å². The fraction of sp³-hybridized carbons (Fsp3) is 0.500. The summed E-state index contributed by atoms with van der Waals surface area (Å²) in [4.78, 5) is 12.0. The maximum Gasteiger partial charge on any atom is 0.251 e. The lowest BCUT2D eigenvalue weighted by molar-refractivity contribution is 0.0952. The number of carbonyl (C=O) groups is 1. The molecule has 0 bridgehead atoms. The standard InChI is InChI=1S/C14H18N2O3/c17-14(16-7-5-11-2-1-6-15-11)10-3-4-12-13(8-10)19-9-18-12/h3-4,8,11,15H,1-2,5-7,9H2,(H,16,17)/t11-/m1/s1. The summed E-state index contributed by atoms with van der Waals surface area (Å²) in [6, 6.07) is 5.81. The number of carbonyl (C=O) groups excluding carboxylic acids is 1. The van der Waals surface area contributed by atoms with Crippen LogP contribution in [0, 0.1) is 0 Å². The van der Waals surface area contributed by atoms with Crippen LogP contribution in [0.2, 0.25) is 0 Å². The van der Waals surface area contributed by atoms with Gasteiger partial charge in [-0.1, -0.05) is 0 Å². The predicted octanol–water partition coefficient (Wildman–Crippen LogP) is 1.29. The zero-order valence-corrected chi connectivity index (χ0v) is 10.8. The highest BCUT2D eigenvalue weighted by Crippen LogP contribution is 2.32. The summed E-state index contributed by atoms with van der Waals surface area (Å²) in [6.45, 7) is 2.03. The van der Waals surface area contributed by atoms with Crippen LogP contribution in [0.3, 0.4) is 0 Å². The van der Waals surface area contributed by atoms with E-state index in [0.717, 1.165) is 13.0 Å². The Kier molecular flexibility index (Phi) is 3.55. The third-order valence-corrected chi connectivity index (χ3v) is 3.58. The second-order valence-corrected chi connectivity index (χ2v) is 4.91. The van der Waals surface area contributed by atoms with Gasteiger partial charge in [0.15, 0.2) is 11.5 Å². The Morgan fingerprint density at radius 2 is 2.26 bits per heavy atom. The molecule has 1 atom stereocenters. The van der Waals surface area contributed by atoms with Gasteiger partial charge in [-0.3, -0.25) is 4.79 Å². The van der Waals surface area contributed by atoms with Gasteiger partial charge >= 0.3 is 0 Å². The summed E-state index contributed by atoms with van der Waals surface area (Å²) in [5, 5.41) is 6.36. The minimum atomic E-state index is -0.0590. The van der Waals surface area contributed by atoms with E-state index in [1.807, 2.05) is 0 Å². The van der Waals surface area contributed by atoms with E-state index in [0.29, 0.717) is 29.6 Å². The molecule has 1 aromatic rings. The van der Waals surface area contributed by atoms with Crippen molar-refractivity contribution in [2.45, 2.75) is 25.3 Å². The number of benzene rings is 1. The number of hydrogen-bond donors (Lipinski definition) is 2. The Balaban J connectivity index is 1.52. The fourth-order valence-electron chi connectivity index (χ4n) is 2.50. The third-order valence-electron chi connectivity index (χ3n) is 3.58. The largest absolute Gasteiger partial charge is 0.454 e. The van der Waals surface area contributed by atoms with Crippen molar-refractivity contribution in [2.75, 3.05) is 19.9 Å². The van der Waals surface area contributed by atoms with Gasteiger partial charge in [0.25, 0.3) is 5.91 Å². The molecule has 1 fully saturated rings. The monoisotopic (exact) mass is 262 g/mol. The SMILES string of the molecule is O=C(NCC[C@H]1CCCN1)c1ccc2c(c1)OCO2. The van der Waals surface area contributed by atoms with E-state index in [4.69, 9.17) is 9.47 Å². The molecule has 1 amide bonds. The highest BCUT2D eigenvalue weighted by molar-refractivity contribution is 5.94. The molecule has 2 aliphatic heterocycles. The summed E-state index contributed by atoms with van der Waals surface area (Å²) < 4.78 is 10.5. The second-order valence-electron chi connectivity index (χ2n) is 4.91. The zero-order chi connectivity index (χ0) is 13.1. The molecule has 5 nitrogen and oxygen atoms in total. The van der Waals surface area contributed by atoms with Crippen molar-refractivity contribution >= 4 is 5.91 Å². The lowest BCUT2D eigenvalue weighted by Gasteiger charge is -2.10. The molecule has 2 N–H and O–H groups in total. The molecule has 0 unspecified atom stereocenters. The van der Waals surface area contributed by atoms with Crippen molar-refractivity contribution < 1.29 is 14.3 Å². The number of ether oxygens (including phenoxy) is 2. The van der Waals surface area contributed by atoms with Crippen molar-refractivity contribution in [1.82, 2.24) is 10.6 Å². The van der Waals surface area contributed by atoms with Crippen LogP contribution in [-0.4, -0.2) is 31.8 Å². The quantitative estimate of drug-likeness (QED) is 0.858. The highest BCUT2D eigenvalue weighted by Gasteiger charge is 2.17.